The molecule has 11 heteroatoms. The van der Waals surface area contributed by atoms with Gasteiger partial charge in [0.25, 0.3) is 5.91 Å². The number of halogens is 3. The molecule has 1 saturated carbocycles. The second kappa shape index (κ2) is 7.54. The van der Waals surface area contributed by atoms with Crippen LogP contribution in [0.3, 0.4) is 0 Å². The molecule has 0 bridgehead atoms. The van der Waals surface area contributed by atoms with Gasteiger partial charge in [-0.25, -0.2) is 4.79 Å². The van der Waals surface area contributed by atoms with Gasteiger partial charge in [-0.05, 0) is 43.4 Å². The third kappa shape index (κ3) is 4.78. The van der Waals surface area contributed by atoms with Crippen LogP contribution in [0, 0.1) is 5.92 Å². The lowest BCUT2D eigenvalue weighted by molar-refractivity contribution is -0.274. The molecule has 3 rings (SSSR count). The van der Waals surface area contributed by atoms with Crippen LogP contribution < -0.4 is 15.4 Å². The van der Waals surface area contributed by atoms with Crippen LogP contribution in [0.5, 0.6) is 5.75 Å². The molecule has 3 N–H and O–H groups in total. The number of hydrogen-bond acceptors (Lipinski definition) is 5. The summed E-state index contributed by atoms with van der Waals surface area (Å²) in [6.07, 6.45) is -4.34. The summed E-state index contributed by atoms with van der Waals surface area (Å²) in [5.41, 5.74) is -0.729. The molecule has 8 nitrogen and oxygen atoms in total. The van der Waals surface area contributed by atoms with Crippen LogP contribution in [0.4, 0.5) is 18.0 Å². The first-order valence-corrected chi connectivity index (χ1v) is 8.94. The quantitative estimate of drug-likeness (QED) is 0.585. The summed E-state index contributed by atoms with van der Waals surface area (Å²) in [5, 5.41) is 15.1. The first-order chi connectivity index (χ1) is 13.5. The standard InChI is InChI=1S/C18H20F3N3O5/c1-17(11-4-5-11)15(27)24(16(28)23-17)9-14(26)22-8-13(25)10-2-6-12(7-3-10)29-18(19,20)21/h2-3,6-7,11,13,25H,4-5,8-9H2,1H3,(H,22,26)(H,23,28). The van der Waals surface area contributed by atoms with E-state index in [9.17, 15) is 32.7 Å². The third-order valence-corrected chi connectivity index (χ3v) is 4.99. The Morgan fingerprint density at radius 3 is 2.52 bits per heavy atom. The molecule has 2 fully saturated rings. The van der Waals surface area contributed by atoms with Crippen molar-refractivity contribution in [3.8, 4) is 5.75 Å². The van der Waals surface area contributed by atoms with Crippen molar-refractivity contribution in [3.63, 3.8) is 0 Å². The van der Waals surface area contributed by atoms with Crippen LogP contribution >= 0.6 is 0 Å². The molecule has 1 saturated heterocycles. The Balaban J connectivity index is 1.50. The highest BCUT2D eigenvalue weighted by molar-refractivity contribution is 6.09. The molecule has 1 heterocycles. The highest BCUT2D eigenvalue weighted by atomic mass is 19.4. The van der Waals surface area contributed by atoms with Crippen LogP contribution in [0.25, 0.3) is 0 Å². The number of amides is 4. The zero-order valence-corrected chi connectivity index (χ0v) is 15.5. The summed E-state index contributed by atoms with van der Waals surface area (Å²) in [7, 11) is 0. The second-order valence-electron chi connectivity index (χ2n) is 7.23. The Labute approximate surface area is 164 Å². The van der Waals surface area contributed by atoms with Crippen molar-refractivity contribution in [1.82, 2.24) is 15.5 Å². The van der Waals surface area contributed by atoms with E-state index >= 15 is 0 Å². The van der Waals surface area contributed by atoms with E-state index in [1.807, 2.05) is 0 Å². The van der Waals surface area contributed by atoms with E-state index in [1.54, 1.807) is 6.92 Å². The Hall–Kier alpha value is -2.82. The minimum atomic E-state index is -4.82. The van der Waals surface area contributed by atoms with Crippen molar-refractivity contribution in [2.24, 2.45) is 5.92 Å². The zero-order chi connectivity index (χ0) is 21.4. The molecule has 1 aliphatic heterocycles. The number of hydrogen-bond donors (Lipinski definition) is 3. The summed E-state index contributed by atoms with van der Waals surface area (Å²) < 4.78 is 40.2. The lowest BCUT2D eigenvalue weighted by atomic mass is 9.96. The van der Waals surface area contributed by atoms with E-state index in [1.165, 1.54) is 12.1 Å². The molecule has 29 heavy (non-hydrogen) atoms. The van der Waals surface area contributed by atoms with Crippen molar-refractivity contribution < 1.29 is 37.4 Å². The van der Waals surface area contributed by atoms with Gasteiger partial charge in [0.1, 0.15) is 17.8 Å². The number of urea groups is 1. The molecule has 1 aliphatic carbocycles. The van der Waals surface area contributed by atoms with Gasteiger partial charge in [0, 0.05) is 6.54 Å². The number of alkyl halides is 3. The predicted octanol–water partition coefficient (Wildman–Crippen LogP) is 1.46. The summed E-state index contributed by atoms with van der Waals surface area (Å²) in [6, 6.07) is 3.91. The van der Waals surface area contributed by atoms with Crippen LogP contribution in [-0.4, -0.2) is 52.8 Å². The van der Waals surface area contributed by atoms with Gasteiger partial charge in [0.15, 0.2) is 0 Å². The maximum atomic E-state index is 12.5. The van der Waals surface area contributed by atoms with Gasteiger partial charge in [0.2, 0.25) is 5.91 Å². The summed E-state index contributed by atoms with van der Waals surface area (Å²) in [5.74, 6) is -1.47. The van der Waals surface area contributed by atoms with Crippen molar-refractivity contribution in [3.05, 3.63) is 29.8 Å². The predicted molar refractivity (Wildman–Crippen MR) is 92.5 cm³/mol. The Bertz CT molecular complexity index is 810. The van der Waals surface area contributed by atoms with Gasteiger partial charge in [-0.15, -0.1) is 13.2 Å². The fourth-order valence-electron chi connectivity index (χ4n) is 3.22. The Kier molecular flexibility index (Phi) is 5.44. The Morgan fingerprint density at radius 2 is 1.97 bits per heavy atom. The van der Waals surface area contributed by atoms with Crippen molar-refractivity contribution in [2.45, 2.75) is 37.8 Å². The van der Waals surface area contributed by atoms with Gasteiger partial charge in [-0.2, -0.15) is 0 Å². The normalized spacial score (nSPS) is 23.0. The van der Waals surface area contributed by atoms with Gasteiger partial charge in [0.05, 0.1) is 6.10 Å². The highest BCUT2D eigenvalue weighted by Crippen LogP contribution is 2.42. The highest BCUT2D eigenvalue weighted by Gasteiger charge is 2.56. The van der Waals surface area contributed by atoms with E-state index < -0.39 is 48.1 Å². The van der Waals surface area contributed by atoms with E-state index in [4.69, 9.17) is 0 Å². The first kappa shape index (κ1) is 20.9. The number of aliphatic hydroxyl groups excluding tert-OH is 1. The summed E-state index contributed by atoms with van der Waals surface area (Å²) in [6.45, 7) is 0.901. The number of nitrogens with one attached hydrogen (secondary N) is 2. The number of ether oxygens (including phenoxy) is 1. The number of carbonyl (C=O) groups is 3. The lowest BCUT2D eigenvalue weighted by Gasteiger charge is -2.21. The maximum absolute atomic E-state index is 12.5. The summed E-state index contributed by atoms with van der Waals surface area (Å²) >= 11 is 0. The maximum Gasteiger partial charge on any atom is 0.573 e. The molecule has 1 aromatic carbocycles. The van der Waals surface area contributed by atoms with Gasteiger partial charge < -0.3 is 20.5 Å². The monoisotopic (exact) mass is 415 g/mol. The second-order valence-corrected chi connectivity index (χ2v) is 7.23. The third-order valence-electron chi connectivity index (χ3n) is 4.99. The molecule has 0 aromatic heterocycles. The molecule has 1 aromatic rings. The SMILES string of the molecule is CC1(C2CC2)NC(=O)N(CC(=O)NCC(O)c2ccc(OC(F)(F)F)cc2)C1=O. The largest absolute Gasteiger partial charge is 0.573 e. The number of benzene rings is 1. The van der Waals surface area contributed by atoms with Crippen molar-refractivity contribution in [1.29, 1.82) is 0 Å². The van der Waals surface area contributed by atoms with Gasteiger partial charge in [-0.1, -0.05) is 12.1 Å². The fourth-order valence-corrected chi connectivity index (χ4v) is 3.22. The molecular weight excluding hydrogens is 395 g/mol. The zero-order valence-electron chi connectivity index (χ0n) is 15.5. The topological polar surface area (TPSA) is 108 Å². The summed E-state index contributed by atoms with van der Waals surface area (Å²) in [4.78, 5) is 37.4. The van der Waals surface area contributed by atoms with E-state index in [0.717, 1.165) is 29.9 Å². The van der Waals surface area contributed by atoms with E-state index in [2.05, 4.69) is 15.4 Å². The molecule has 158 valence electrons. The average molecular weight is 415 g/mol. The average Bonchev–Trinajstić information content (AvgIpc) is 3.45. The van der Waals surface area contributed by atoms with Gasteiger partial charge in [-0.3, -0.25) is 14.5 Å². The van der Waals surface area contributed by atoms with E-state index in [0.29, 0.717) is 0 Å². The number of nitrogens with zero attached hydrogens (tertiary/aromatic N) is 1. The molecular formula is C18H20F3N3O5. The van der Waals surface area contributed by atoms with E-state index in [-0.39, 0.29) is 18.0 Å². The Morgan fingerprint density at radius 1 is 1.34 bits per heavy atom. The van der Waals surface area contributed by atoms with Crippen LogP contribution in [0.15, 0.2) is 24.3 Å². The minimum Gasteiger partial charge on any atom is -0.406 e. The smallest absolute Gasteiger partial charge is 0.406 e. The lowest BCUT2D eigenvalue weighted by Crippen LogP contribution is -2.47. The molecule has 2 atom stereocenters. The fraction of sp³-hybridized carbons (Fsp3) is 0.500. The van der Waals surface area contributed by atoms with Crippen molar-refractivity contribution in [2.75, 3.05) is 13.1 Å². The minimum absolute atomic E-state index is 0.0677. The van der Waals surface area contributed by atoms with Crippen LogP contribution in [-0.2, 0) is 9.59 Å². The molecule has 2 aliphatic rings. The van der Waals surface area contributed by atoms with Crippen LogP contribution in [0.2, 0.25) is 0 Å². The number of imide groups is 1. The van der Waals surface area contributed by atoms with Crippen LogP contribution in [0.1, 0.15) is 31.4 Å². The molecule has 4 amide bonds. The molecule has 0 spiro atoms. The first-order valence-electron chi connectivity index (χ1n) is 8.94. The number of rotatable bonds is 7. The van der Waals surface area contributed by atoms with Crippen molar-refractivity contribution >= 4 is 17.8 Å². The number of carbonyl (C=O) groups excluding carboxylic acids is 3. The number of aliphatic hydroxyl groups is 1. The van der Waals surface area contributed by atoms with Gasteiger partial charge >= 0.3 is 12.4 Å². The molecule has 0 radical (unpaired) electrons. The molecule has 2 unspecified atom stereocenters.